The predicted octanol–water partition coefficient (Wildman–Crippen LogP) is 2.99. The van der Waals surface area contributed by atoms with Gasteiger partial charge in [-0.2, -0.15) is 0 Å². The molecule has 1 fully saturated rings. The molecule has 0 bridgehead atoms. The van der Waals surface area contributed by atoms with Gasteiger partial charge in [-0.25, -0.2) is 4.79 Å². The van der Waals surface area contributed by atoms with Crippen LogP contribution in [-0.2, 0) is 9.53 Å². The van der Waals surface area contributed by atoms with E-state index in [9.17, 15) is 9.90 Å². The fraction of sp³-hybridized carbons (Fsp3) is 0.688. The van der Waals surface area contributed by atoms with Gasteiger partial charge in [-0.15, -0.1) is 0 Å². The van der Waals surface area contributed by atoms with Crippen LogP contribution in [0.5, 0.6) is 0 Å². The predicted molar refractivity (Wildman–Crippen MR) is 74.5 cm³/mol. The van der Waals surface area contributed by atoms with E-state index in [1.807, 2.05) is 6.92 Å². The second kappa shape index (κ2) is 6.90. The van der Waals surface area contributed by atoms with Crippen LogP contribution in [0.1, 0.15) is 45.4 Å². The Bertz CT molecular complexity index is 359. The smallest absolute Gasteiger partial charge is 0.330 e. The van der Waals surface area contributed by atoms with Crippen molar-refractivity contribution in [3.8, 4) is 0 Å². The van der Waals surface area contributed by atoms with Crippen molar-refractivity contribution in [2.24, 2.45) is 11.8 Å². The minimum Gasteiger partial charge on any atom is -0.460 e. The van der Waals surface area contributed by atoms with E-state index >= 15 is 0 Å². The van der Waals surface area contributed by atoms with Crippen molar-refractivity contribution >= 4 is 5.97 Å². The third-order valence-corrected chi connectivity index (χ3v) is 4.18. The van der Waals surface area contributed by atoms with Gasteiger partial charge in [0.25, 0.3) is 0 Å². The largest absolute Gasteiger partial charge is 0.460 e. The molecule has 1 aliphatic heterocycles. The topological polar surface area (TPSA) is 46.5 Å². The lowest BCUT2D eigenvalue weighted by molar-refractivity contribution is -0.142. The van der Waals surface area contributed by atoms with Gasteiger partial charge in [0.1, 0.15) is 0 Å². The van der Waals surface area contributed by atoms with E-state index in [1.54, 1.807) is 6.08 Å². The van der Waals surface area contributed by atoms with Gasteiger partial charge in [0.05, 0.1) is 12.2 Å². The van der Waals surface area contributed by atoms with Gasteiger partial charge in [-0.3, -0.25) is 0 Å². The number of carbonyl (C=O) groups is 1. The summed E-state index contributed by atoms with van der Waals surface area (Å²) in [5.41, 5.74) is 0. The molecule has 19 heavy (non-hydrogen) atoms. The van der Waals surface area contributed by atoms with Crippen LogP contribution < -0.4 is 0 Å². The summed E-state index contributed by atoms with van der Waals surface area (Å²) in [7, 11) is 0. The minimum atomic E-state index is -0.541. The monoisotopic (exact) mass is 264 g/mol. The van der Waals surface area contributed by atoms with Gasteiger partial charge in [-0.1, -0.05) is 18.6 Å². The van der Waals surface area contributed by atoms with Crippen molar-refractivity contribution in [1.82, 2.24) is 0 Å². The highest BCUT2D eigenvalue weighted by molar-refractivity contribution is 5.82. The number of carbonyl (C=O) groups excluding carboxylic acids is 1. The van der Waals surface area contributed by atoms with E-state index in [4.69, 9.17) is 4.74 Å². The molecule has 4 atom stereocenters. The number of ether oxygens (including phenoxy) is 1. The Morgan fingerprint density at radius 1 is 1.21 bits per heavy atom. The van der Waals surface area contributed by atoms with Gasteiger partial charge in [0, 0.05) is 6.08 Å². The molecule has 0 amide bonds. The van der Waals surface area contributed by atoms with Crippen molar-refractivity contribution in [3.05, 3.63) is 24.3 Å². The van der Waals surface area contributed by atoms with Crippen molar-refractivity contribution in [3.63, 3.8) is 0 Å². The van der Waals surface area contributed by atoms with Gasteiger partial charge >= 0.3 is 5.97 Å². The van der Waals surface area contributed by atoms with E-state index in [0.717, 1.165) is 38.5 Å². The first-order valence-corrected chi connectivity index (χ1v) is 7.40. The first-order chi connectivity index (χ1) is 9.16. The second-order valence-corrected chi connectivity index (χ2v) is 5.71. The van der Waals surface area contributed by atoms with Gasteiger partial charge in [0.2, 0.25) is 0 Å². The molecule has 0 radical (unpaired) electrons. The van der Waals surface area contributed by atoms with E-state index in [1.165, 1.54) is 6.08 Å². The summed E-state index contributed by atoms with van der Waals surface area (Å²) < 4.78 is 5.26. The van der Waals surface area contributed by atoms with Gasteiger partial charge in [-0.05, 0) is 56.9 Å². The molecule has 1 saturated carbocycles. The van der Waals surface area contributed by atoms with Crippen LogP contribution in [0.4, 0.5) is 0 Å². The molecule has 0 aromatic rings. The highest BCUT2D eigenvalue weighted by atomic mass is 16.5. The van der Waals surface area contributed by atoms with Crippen LogP contribution in [0.3, 0.4) is 0 Å². The normalized spacial score (nSPS) is 40.2. The Morgan fingerprint density at radius 2 is 2.05 bits per heavy atom. The fourth-order valence-electron chi connectivity index (χ4n) is 3.09. The molecule has 0 spiro atoms. The van der Waals surface area contributed by atoms with Crippen LogP contribution in [0, 0.1) is 11.8 Å². The Kier molecular flexibility index (Phi) is 5.20. The van der Waals surface area contributed by atoms with Crippen LogP contribution in [0.15, 0.2) is 24.3 Å². The Balaban J connectivity index is 2.08. The molecular formula is C16H24O3. The molecule has 3 nitrogen and oxygen atoms in total. The molecule has 106 valence electrons. The van der Waals surface area contributed by atoms with Crippen LogP contribution >= 0.6 is 0 Å². The standard InChI is InChI=1S/C16H24O3/c1-12-6-3-2-4-7-13-8-5-9-14(13)15(17)10-11-16(18)19-12/h4,7,10-15,17H,2-3,5-6,8-9H2,1H3/b7-4-,11-10-/t12-,13+,14+,15+/m0/s1. The summed E-state index contributed by atoms with van der Waals surface area (Å²) in [5, 5.41) is 10.2. The number of fused-ring (bicyclic) bond motifs is 1. The molecule has 2 rings (SSSR count). The molecule has 1 aliphatic carbocycles. The van der Waals surface area contributed by atoms with E-state index < -0.39 is 6.10 Å². The molecule has 3 heteroatoms. The first-order valence-electron chi connectivity index (χ1n) is 7.40. The van der Waals surface area contributed by atoms with E-state index in [0.29, 0.717) is 5.92 Å². The summed E-state index contributed by atoms with van der Waals surface area (Å²) in [6, 6.07) is 0. The number of cyclic esters (lactones) is 1. The fourth-order valence-corrected chi connectivity index (χ4v) is 3.09. The molecule has 1 N–H and O–H groups in total. The van der Waals surface area contributed by atoms with Crippen LogP contribution in [0.25, 0.3) is 0 Å². The highest BCUT2D eigenvalue weighted by Crippen LogP contribution is 2.35. The Morgan fingerprint density at radius 3 is 2.89 bits per heavy atom. The van der Waals surface area contributed by atoms with Crippen molar-refractivity contribution in [2.45, 2.75) is 57.7 Å². The molecular weight excluding hydrogens is 240 g/mol. The van der Waals surface area contributed by atoms with Crippen molar-refractivity contribution in [2.75, 3.05) is 0 Å². The minimum absolute atomic E-state index is 0.0528. The summed E-state index contributed by atoms with van der Waals surface area (Å²) in [6.45, 7) is 1.92. The quantitative estimate of drug-likeness (QED) is 0.540. The molecule has 0 saturated heterocycles. The summed E-state index contributed by atoms with van der Waals surface area (Å²) in [4.78, 5) is 11.6. The molecule has 1 heterocycles. The SMILES string of the molecule is C[C@H]1CCC/C=C\[C@@H]2CCC[C@H]2[C@H](O)/C=C\C(=O)O1. The molecule has 0 aromatic heterocycles. The average molecular weight is 264 g/mol. The third-order valence-electron chi connectivity index (χ3n) is 4.18. The number of esters is 1. The Labute approximate surface area is 115 Å². The Hall–Kier alpha value is -1.09. The average Bonchev–Trinajstić information content (AvgIpc) is 2.83. The van der Waals surface area contributed by atoms with Crippen LogP contribution in [-0.4, -0.2) is 23.3 Å². The third kappa shape index (κ3) is 4.20. The number of aliphatic hydroxyl groups is 1. The number of hydrogen-bond acceptors (Lipinski definition) is 3. The van der Waals surface area contributed by atoms with Crippen molar-refractivity contribution < 1.29 is 14.6 Å². The molecule has 0 unspecified atom stereocenters. The summed E-state index contributed by atoms with van der Waals surface area (Å²) >= 11 is 0. The number of hydrogen-bond donors (Lipinski definition) is 1. The number of allylic oxidation sites excluding steroid dienone is 2. The molecule has 0 aromatic carbocycles. The van der Waals surface area contributed by atoms with Crippen molar-refractivity contribution in [1.29, 1.82) is 0 Å². The van der Waals surface area contributed by atoms with Gasteiger partial charge < -0.3 is 9.84 Å². The zero-order chi connectivity index (χ0) is 13.7. The first kappa shape index (κ1) is 14.3. The number of aliphatic hydroxyl groups excluding tert-OH is 1. The maximum absolute atomic E-state index is 11.6. The number of rotatable bonds is 0. The summed E-state index contributed by atoms with van der Waals surface area (Å²) in [6.07, 6.45) is 13.2. The lowest BCUT2D eigenvalue weighted by Gasteiger charge is -2.20. The zero-order valence-electron chi connectivity index (χ0n) is 11.6. The zero-order valence-corrected chi connectivity index (χ0v) is 11.6. The van der Waals surface area contributed by atoms with Crippen LogP contribution in [0.2, 0.25) is 0 Å². The molecule has 2 aliphatic rings. The highest BCUT2D eigenvalue weighted by Gasteiger charge is 2.30. The maximum Gasteiger partial charge on any atom is 0.330 e. The van der Waals surface area contributed by atoms with Gasteiger partial charge in [0.15, 0.2) is 0 Å². The second-order valence-electron chi connectivity index (χ2n) is 5.71. The lowest BCUT2D eigenvalue weighted by atomic mass is 9.90. The van der Waals surface area contributed by atoms with E-state index in [2.05, 4.69) is 12.2 Å². The maximum atomic E-state index is 11.6. The summed E-state index contributed by atoms with van der Waals surface area (Å²) in [5.74, 6) is 0.362. The lowest BCUT2D eigenvalue weighted by Crippen LogP contribution is -2.21. The van der Waals surface area contributed by atoms with E-state index in [-0.39, 0.29) is 18.0 Å².